The van der Waals surface area contributed by atoms with Crippen molar-refractivity contribution in [1.29, 1.82) is 0 Å². The molecule has 0 atom stereocenters. The maximum absolute atomic E-state index is 2.59. The second-order valence-electron chi connectivity index (χ2n) is 7.17. The fourth-order valence-electron chi connectivity index (χ4n) is 3.99. The van der Waals surface area contributed by atoms with Crippen molar-refractivity contribution in [1.82, 2.24) is 0 Å². The molecule has 0 aromatic heterocycles. The smallest absolute Gasteiger partial charge is 0.0671 e. The predicted molar refractivity (Wildman–Crippen MR) is 97.2 cm³/mol. The van der Waals surface area contributed by atoms with Gasteiger partial charge in [0.2, 0.25) is 0 Å². The SMILES string of the molecule is CCCc1ccc(C2CCC(CCC)CC2)cc1[Si](C)C. The van der Waals surface area contributed by atoms with Crippen molar-refractivity contribution in [2.24, 2.45) is 5.92 Å². The zero-order valence-corrected chi connectivity index (χ0v) is 15.5. The van der Waals surface area contributed by atoms with Gasteiger partial charge in [-0.3, -0.25) is 0 Å². The Balaban J connectivity index is 2.09. The molecule has 117 valence electrons. The molecule has 0 unspecified atom stereocenters. The molecular weight excluding hydrogens is 268 g/mol. The van der Waals surface area contributed by atoms with Gasteiger partial charge in [0, 0.05) is 0 Å². The Morgan fingerprint density at radius 3 is 2.29 bits per heavy atom. The van der Waals surface area contributed by atoms with Crippen molar-refractivity contribution < 1.29 is 0 Å². The van der Waals surface area contributed by atoms with Crippen LogP contribution in [0.5, 0.6) is 0 Å². The summed E-state index contributed by atoms with van der Waals surface area (Å²) in [5, 5.41) is 1.70. The molecule has 0 aliphatic heterocycles. The van der Waals surface area contributed by atoms with Gasteiger partial charge in [-0.1, -0.05) is 69.6 Å². The minimum Gasteiger partial charge on any atom is -0.0671 e. The van der Waals surface area contributed by atoms with Gasteiger partial charge in [-0.05, 0) is 55.1 Å². The Morgan fingerprint density at radius 2 is 1.71 bits per heavy atom. The molecule has 1 aliphatic rings. The van der Waals surface area contributed by atoms with Gasteiger partial charge in [0.15, 0.2) is 0 Å². The molecule has 21 heavy (non-hydrogen) atoms. The lowest BCUT2D eigenvalue weighted by atomic mass is 9.77. The Bertz CT molecular complexity index is 427. The van der Waals surface area contributed by atoms with Crippen LogP contribution < -0.4 is 5.19 Å². The van der Waals surface area contributed by atoms with E-state index in [0.717, 1.165) is 11.8 Å². The molecule has 0 saturated heterocycles. The fourth-order valence-corrected chi connectivity index (χ4v) is 5.30. The summed E-state index contributed by atoms with van der Waals surface area (Å²) in [6.45, 7) is 9.52. The molecule has 0 spiro atoms. The van der Waals surface area contributed by atoms with E-state index in [-0.39, 0.29) is 8.80 Å². The summed E-state index contributed by atoms with van der Waals surface area (Å²) in [6, 6.07) is 7.48. The minimum absolute atomic E-state index is 0.343. The average molecular weight is 302 g/mol. The number of hydrogen-bond donors (Lipinski definition) is 0. The zero-order chi connectivity index (χ0) is 15.2. The number of aryl methyl sites for hydroxylation is 1. The van der Waals surface area contributed by atoms with Crippen molar-refractivity contribution in [3.8, 4) is 0 Å². The third-order valence-corrected chi connectivity index (χ3v) is 6.75. The van der Waals surface area contributed by atoms with Crippen LogP contribution in [-0.2, 0) is 6.42 Å². The monoisotopic (exact) mass is 301 g/mol. The lowest BCUT2D eigenvalue weighted by Gasteiger charge is -2.29. The first-order valence-electron chi connectivity index (χ1n) is 9.09. The van der Waals surface area contributed by atoms with Crippen molar-refractivity contribution in [3.63, 3.8) is 0 Å². The Hall–Kier alpha value is -0.563. The summed E-state index contributed by atoms with van der Waals surface area (Å²) < 4.78 is 0. The van der Waals surface area contributed by atoms with Gasteiger partial charge in [-0.25, -0.2) is 0 Å². The number of benzene rings is 1. The molecule has 0 amide bonds. The van der Waals surface area contributed by atoms with Gasteiger partial charge < -0.3 is 0 Å². The van der Waals surface area contributed by atoms with Crippen molar-refractivity contribution >= 4 is 14.0 Å². The Kier molecular flexibility index (Phi) is 6.54. The summed E-state index contributed by atoms with van der Waals surface area (Å²) in [5.74, 6) is 1.86. The van der Waals surface area contributed by atoms with E-state index in [0.29, 0.717) is 0 Å². The van der Waals surface area contributed by atoms with E-state index >= 15 is 0 Å². The molecular formula is C20H33Si. The molecule has 0 nitrogen and oxygen atoms in total. The largest absolute Gasteiger partial charge is 0.0795 e. The molecule has 0 bridgehead atoms. The molecule has 0 N–H and O–H groups in total. The van der Waals surface area contributed by atoms with Gasteiger partial charge in [-0.2, -0.15) is 0 Å². The van der Waals surface area contributed by atoms with E-state index < -0.39 is 0 Å². The van der Waals surface area contributed by atoms with Crippen LogP contribution in [0.25, 0.3) is 0 Å². The van der Waals surface area contributed by atoms with Crippen LogP contribution in [0.3, 0.4) is 0 Å². The van der Waals surface area contributed by atoms with Crippen LogP contribution in [0, 0.1) is 5.92 Å². The third kappa shape index (κ3) is 4.45. The van der Waals surface area contributed by atoms with Crippen molar-refractivity contribution in [2.45, 2.75) is 84.2 Å². The normalized spacial score (nSPS) is 22.7. The lowest BCUT2D eigenvalue weighted by molar-refractivity contribution is 0.308. The molecule has 2 rings (SSSR count). The van der Waals surface area contributed by atoms with Crippen molar-refractivity contribution in [2.75, 3.05) is 0 Å². The molecule has 0 heterocycles. The molecule has 1 heteroatoms. The quantitative estimate of drug-likeness (QED) is 0.593. The number of rotatable bonds is 6. The van der Waals surface area contributed by atoms with Crippen LogP contribution in [0.2, 0.25) is 13.1 Å². The van der Waals surface area contributed by atoms with Crippen LogP contribution in [0.1, 0.15) is 75.8 Å². The second-order valence-corrected chi connectivity index (χ2v) is 9.71. The first kappa shape index (κ1) is 16.8. The van der Waals surface area contributed by atoms with Crippen LogP contribution in [0.15, 0.2) is 18.2 Å². The molecule has 1 aromatic carbocycles. The Labute approximate surface area is 134 Å². The van der Waals surface area contributed by atoms with E-state index in [1.54, 1.807) is 16.3 Å². The third-order valence-electron chi connectivity index (χ3n) is 5.21. The predicted octanol–water partition coefficient (Wildman–Crippen LogP) is 5.67. The average Bonchev–Trinajstić information content (AvgIpc) is 2.49. The van der Waals surface area contributed by atoms with Gasteiger partial charge >= 0.3 is 0 Å². The van der Waals surface area contributed by atoms with E-state index in [1.165, 1.54) is 51.4 Å². The summed E-state index contributed by atoms with van der Waals surface area (Å²) in [7, 11) is -0.343. The van der Waals surface area contributed by atoms with Gasteiger partial charge in [0.1, 0.15) is 0 Å². The molecule has 1 saturated carbocycles. The van der Waals surface area contributed by atoms with Crippen LogP contribution in [-0.4, -0.2) is 8.80 Å². The number of hydrogen-bond acceptors (Lipinski definition) is 0. The van der Waals surface area contributed by atoms with E-state index in [4.69, 9.17) is 0 Å². The topological polar surface area (TPSA) is 0 Å². The summed E-state index contributed by atoms with van der Waals surface area (Å²) >= 11 is 0. The van der Waals surface area contributed by atoms with Crippen LogP contribution in [0.4, 0.5) is 0 Å². The Morgan fingerprint density at radius 1 is 1.00 bits per heavy atom. The fraction of sp³-hybridized carbons (Fsp3) is 0.700. The highest BCUT2D eigenvalue weighted by atomic mass is 28.3. The standard InChI is InChI=1S/C20H33Si/c1-5-7-16-9-11-17(12-10-16)19-14-13-18(8-6-2)20(15-19)21(3)4/h13-17H,5-12H2,1-4H3. The first-order chi connectivity index (χ1) is 10.2. The second kappa shape index (κ2) is 8.17. The van der Waals surface area contributed by atoms with E-state index in [1.807, 2.05) is 0 Å². The lowest BCUT2D eigenvalue weighted by Crippen LogP contribution is -2.28. The van der Waals surface area contributed by atoms with Crippen molar-refractivity contribution in [3.05, 3.63) is 29.3 Å². The molecule has 1 aliphatic carbocycles. The highest BCUT2D eigenvalue weighted by Crippen LogP contribution is 2.37. The molecule has 1 aromatic rings. The molecule has 1 radical (unpaired) electrons. The summed E-state index contributed by atoms with van der Waals surface area (Å²) in [6.07, 6.45) is 11.1. The molecule has 1 fully saturated rings. The maximum atomic E-state index is 2.59. The highest BCUT2D eigenvalue weighted by Gasteiger charge is 2.22. The van der Waals surface area contributed by atoms with Gasteiger partial charge in [-0.15, -0.1) is 0 Å². The summed E-state index contributed by atoms with van der Waals surface area (Å²) in [4.78, 5) is 0. The van der Waals surface area contributed by atoms with E-state index in [9.17, 15) is 0 Å². The van der Waals surface area contributed by atoms with Gasteiger partial charge in [0.25, 0.3) is 0 Å². The maximum Gasteiger partial charge on any atom is 0.0795 e. The summed E-state index contributed by atoms with van der Waals surface area (Å²) in [5.41, 5.74) is 3.27. The first-order valence-corrected chi connectivity index (χ1v) is 11.6. The van der Waals surface area contributed by atoms with Gasteiger partial charge in [0.05, 0.1) is 8.80 Å². The highest BCUT2D eigenvalue weighted by molar-refractivity contribution is 6.71. The van der Waals surface area contributed by atoms with Crippen LogP contribution >= 0.6 is 0 Å². The zero-order valence-electron chi connectivity index (χ0n) is 14.5. The van der Waals surface area contributed by atoms with E-state index in [2.05, 4.69) is 45.1 Å². The minimum atomic E-state index is -0.343.